The molecule has 6 heteroatoms. The Morgan fingerprint density at radius 3 is 2.56 bits per heavy atom. The first-order chi connectivity index (χ1) is 7.41. The number of nitrogens with one attached hydrogen (secondary N) is 1. The molecule has 5 nitrogen and oxygen atoms in total. The van der Waals surface area contributed by atoms with Crippen LogP contribution in [0.15, 0.2) is 0 Å². The third kappa shape index (κ3) is 2.56. The van der Waals surface area contributed by atoms with Crippen molar-refractivity contribution in [2.45, 2.75) is 31.5 Å². The average molecular weight is 248 g/mol. The smallest absolute Gasteiger partial charge is 0.211 e. The van der Waals surface area contributed by atoms with E-state index in [0.717, 1.165) is 25.9 Å². The molecule has 0 radical (unpaired) electrons. The summed E-state index contributed by atoms with van der Waals surface area (Å²) in [5.41, 5.74) is -0.258. The first-order valence-electron chi connectivity index (χ1n) is 5.75. The molecule has 1 atom stereocenters. The monoisotopic (exact) mass is 248 g/mol. The lowest BCUT2D eigenvalue weighted by Gasteiger charge is -2.46. The van der Waals surface area contributed by atoms with Gasteiger partial charge in [-0.25, -0.2) is 8.42 Å². The van der Waals surface area contributed by atoms with Crippen LogP contribution >= 0.6 is 0 Å². The van der Waals surface area contributed by atoms with Crippen molar-refractivity contribution in [1.29, 1.82) is 0 Å². The second-order valence-corrected chi connectivity index (χ2v) is 6.90. The van der Waals surface area contributed by atoms with Gasteiger partial charge in [-0.1, -0.05) is 0 Å². The van der Waals surface area contributed by atoms with Crippen LogP contribution in [0.4, 0.5) is 0 Å². The standard InChI is InChI=1S/C10H20N2O3S/c1-9-7-12(16(2,13)14)8-10(15-9)3-5-11-6-4-10/h9,11H,3-8H2,1-2H3. The van der Waals surface area contributed by atoms with E-state index in [-0.39, 0.29) is 11.7 Å². The molecule has 0 bridgehead atoms. The highest BCUT2D eigenvalue weighted by Gasteiger charge is 2.42. The molecule has 2 saturated heterocycles. The predicted molar refractivity (Wildman–Crippen MR) is 61.8 cm³/mol. The molecule has 2 heterocycles. The predicted octanol–water partition coefficient (Wildman–Crippen LogP) is -0.211. The molecule has 2 rings (SSSR count). The molecule has 1 N–H and O–H groups in total. The van der Waals surface area contributed by atoms with E-state index in [2.05, 4.69) is 5.32 Å². The minimum Gasteiger partial charge on any atom is -0.369 e. The Morgan fingerprint density at radius 2 is 2.00 bits per heavy atom. The molecule has 16 heavy (non-hydrogen) atoms. The van der Waals surface area contributed by atoms with Crippen LogP contribution in [-0.2, 0) is 14.8 Å². The molecule has 0 amide bonds. The van der Waals surface area contributed by atoms with Gasteiger partial charge in [0.05, 0.1) is 18.0 Å². The molecule has 0 aliphatic carbocycles. The fourth-order valence-corrected chi connectivity index (χ4v) is 3.54. The van der Waals surface area contributed by atoms with Crippen LogP contribution in [0.5, 0.6) is 0 Å². The van der Waals surface area contributed by atoms with Crippen molar-refractivity contribution in [2.75, 3.05) is 32.4 Å². The first kappa shape index (κ1) is 12.3. The summed E-state index contributed by atoms with van der Waals surface area (Å²) in [6, 6.07) is 0. The molecule has 2 aliphatic rings. The Labute approximate surface area is 97.2 Å². The molecule has 1 spiro atoms. The summed E-state index contributed by atoms with van der Waals surface area (Å²) in [7, 11) is -3.10. The molecular formula is C10H20N2O3S. The summed E-state index contributed by atoms with van der Waals surface area (Å²) in [4.78, 5) is 0. The summed E-state index contributed by atoms with van der Waals surface area (Å²) in [6.07, 6.45) is 3.05. The number of morpholine rings is 1. The summed E-state index contributed by atoms with van der Waals surface area (Å²) in [6.45, 7) is 4.75. The fraction of sp³-hybridized carbons (Fsp3) is 1.00. The Bertz CT molecular complexity index is 349. The number of ether oxygens (including phenoxy) is 1. The van der Waals surface area contributed by atoms with Gasteiger partial charge in [-0.05, 0) is 32.9 Å². The second kappa shape index (κ2) is 4.25. The SMILES string of the molecule is CC1CN(S(C)(=O)=O)CC2(CCNCC2)O1. The number of hydrogen-bond acceptors (Lipinski definition) is 4. The van der Waals surface area contributed by atoms with Crippen molar-refractivity contribution in [3.8, 4) is 0 Å². The number of hydrogen-bond donors (Lipinski definition) is 1. The zero-order valence-corrected chi connectivity index (χ0v) is 10.7. The minimum absolute atomic E-state index is 0.0124. The molecule has 2 aliphatic heterocycles. The average Bonchev–Trinajstić information content (AvgIpc) is 2.16. The van der Waals surface area contributed by atoms with E-state index in [1.54, 1.807) is 4.31 Å². The van der Waals surface area contributed by atoms with E-state index in [4.69, 9.17) is 4.74 Å². The van der Waals surface area contributed by atoms with Gasteiger partial charge in [-0.15, -0.1) is 0 Å². The number of nitrogens with zero attached hydrogens (tertiary/aromatic N) is 1. The van der Waals surface area contributed by atoms with E-state index in [1.807, 2.05) is 6.92 Å². The number of piperidine rings is 1. The summed E-state index contributed by atoms with van der Waals surface area (Å²) in [5, 5.41) is 3.28. The zero-order chi connectivity index (χ0) is 11.8. The van der Waals surface area contributed by atoms with Crippen molar-refractivity contribution >= 4 is 10.0 Å². The van der Waals surface area contributed by atoms with Gasteiger partial charge in [-0.3, -0.25) is 0 Å². The van der Waals surface area contributed by atoms with Gasteiger partial charge in [0.15, 0.2) is 0 Å². The zero-order valence-electron chi connectivity index (χ0n) is 9.90. The normalized spacial score (nSPS) is 31.8. The van der Waals surface area contributed by atoms with E-state index in [9.17, 15) is 8.42 Å². The molecule has 2 fully saturated rings. The van der Waals surface area contributed by atoms with Gasteiger partial charge in [0.1, 0.15) is 0 Å². The Balaban J connectivity index is 2.16. The Hall–Kier alpha value is -0.170. The Kier molecular flexibility index (Phi) is 3.27. The van der Waals surface area contributed by atoms with Crippen LogP contribution in [0.3, 0.4) is 0 Å². The minimum atomic E-state index is -3.10. The maximum Gasteiger partial charge on any atom is 0.211 e. The van der Waals surface area contributed by atoms with Crippen molar-refractivity contribution in [3.05, 3.63) is 0 Å². The lowest BCUT2D eigenvalue weighted by Crippen LogP contribution is -2.59. The third-order valence-corrected chi connectivity index (χ3v) is 4.58. The molecule has 1 unspecified atom stereocenters. The topological polar surface area (TPSA) is 58.6 Å². The fourth-order valence-electron chi connectivity index (χ4n) is 2.59. The van der Waals surface area contributed by atoms with Crippen LogP contribution in [0, 0.1) is 0 Å². The van der Waals surface area contributed by atoms with Crippen LogP contribution in [0.1, 0.15) is 19.8 Å². The van der Waals surface area contributed by atoms with Gasteiger partial charge in [0, 0.05) is 13.1 Å². The molecule has 0 aromatic heterocycles. The lowest BCUT2D eigenvalue weighted by atomic mass is 9.90. The van der Waals surface area contributed by atoms with E-state index < -0.39 is 10.0 Å². The van der Waals surface area contributed by atoms with Crippen LogP contribution in [0.25, 0.3) is 0 Å². The van der Waals surface area contributed by atoms with Gasteiger partial charge >= 0.3 is 0 Å². The van der Waals surface area contributed by atoms with Crippen molar-refractivity contribution in [1.82, 2.24) is 9.62 Å². The summed E-state index contributed by atoms with van der Waals surface area (Å²) < 4.78 is 30.8. The Morgan fingerprint density at radius 1 is 1.38 bits per heavy atom. The highest BCUT2D eigenvalue weighted by Crippen LogP contribution is 2.30. The largest absolute Gasteiger partial charge is 0.369 e. The molecule has 0 saturated carbocycles. The van der Waals surface area contributed by atoms with Crippen molar-refractivity contribution in [3.63, 3.8) is 0 Å². The second-order valence-electron chi connectivity index (χ2n) is 4.92. The van der Waals surface area contributed by atoms with Crippen molar-refractivity contribution in [2.24, 2.45) is 0 Å². The number of sulfonamides is 1. The summed E-state index contributed by atoms with van der Waals surface area (Å²) in [5.74, 6) is 0. The van der Waals surface area contributed by atoms with E-state index >= 15 is 0 Å². The lowest BCUT2D eigenvalue weighted by molar-refractivity contribution is -0.143. The van der Waals surface area contributed by atoms with Crippen LogP contribution < -0.4 is 5.32 Å². The van der Waals surface area contributed by atoms with Gasteiger partial charge < -0.3 is 10.1 Å². The molecular weight excluding hydrogens is 228 g/mol. The molecule has 94 valence electrons. The first-order valence-corrected chi connectivity index (χ1v) is 7.60. The van der Waals surface area contributed by atoms with E-state index in [0.29, 0.717) is 13.1 Å². The quantitative estimate of drug-likeness (QED) is 0.697. The highest BCUT2D eigenvalue weighted by molar-refractivity contribution is 7.88. The van der Waals surface area contributed by atoms with Crippen molar-refractivity contribution < 1.29 is 13.2 Å². The number of rotatable bonds is 1. The van der Waals surface area contributed by atoms with Gasteiger partial charge in [-0.2, -0.15) is 4.31 Å². The van der Waals surface area contributed by atoms with Gasteiger partial charge in [0.2, 0.25) is 10.0 Å². The van der Waals surface area contributed by atoms with Crippen LogP contribution in [-0.4, -0.2) is 56.9 Å². The maximum absolute atomic E-state index is 11.6. The maximum atomic E-state index is 11.6. The highest BCUT2D eigenvalue weighted by atomic mass is 32.2. The molecule has 0 aromatic carbocycles. The molecule has 0 aromatic rings. The third-order valence-electron chi connectivity index (χ3n) is 3.36. The van der Waals surface area contributed by atoms with E-state index in [1.165, 1.54) is 6.26 Å². The van der Waals surface area contributed by atoms with Gasteiger partial charge in [0.25, 0.3) is 0 Å². The van der Waals surface area contributed by atoms with Crippen LogP contribution in [0.2, 0.25) is 0 Å². The summed E-state index contributed by atoms with van der Waals surface area (Å²) >= 11 is 0.